The first kappa shape index (κ1) is 46.2. The summed E-state index contributed by atoms with van der Waals surface area (Å²) in [5, 5.41) is 15.6. The van der Waals surface area contributed by atoms with Crippen molar-refractivity contribution in [3.63, 3.8) is 0 Å². The number of nitrogens with two attached hydrogens (primary N) is 1. The third kappa shape index (κ3) is 20.8. The summed E-state index contributed by atoms with van der Waals surface area (Å²) in [6, 6.07) is 9.70. The second kappa shape index (κ2) is 29.2. The third-order valence-electron chi connectivity index (χ3n) is 6.49. The van der Waals surface area contributed by atoms with Crippen molar-refractivity contribution in [1.82, 2.24) is 30.9 Å². The average molecular weight is 680 g/mol. The molecule has 0 aliphatic carbocycles. The number of aliphatic hydroxyl groups excluding tert-OH is 1. The fourth-order valence-corrected chi connectivity index (χ4v) is 3.95. The number of likely N-dealkylation sites (N-methyl/N-ethyl adjacent to an activating group) is 1. The third-order valence-corrected chi connectivity index (χ3v) is 6.49. The number of hydrazine groups is 1. The van der Waals surface area contributed by atoms with Gasteiger partial charge in [0.2, 0.25) is 24.1 Å². The molecule has 0 aromatic heterocycles. The molecule has 1 aliphatic heterocycles. The van der Waals surface area contributed by atoms with Crippen molar-refractivity contribution in [2.75, 3.05) is 46.4 Å². The predicted octanol–water partition coefficient (Wildman–Crippen LogP) is 2.62. The van der Waals surface area contributed by atoms with Crippen LogP contribution in [0, 0.1) is 12.3 Å². The van der Waals surface area contributed by atoms with Crippen LogP contribution in [0.15, 0.2) is 90.2 Å². The number of rotatable bonds is 15. The van der Waals surface area contributed by atoms with Crippen LogP contribution in [-0.2, 0) is 25.7 Å². The summed E-state index contributed by atoms with van der Waals surface area (Å²) in [5.74, 6) is 1.45. The van der Waals surface area contributed by atoms with Crippen molar-refractivity contribution >= 4 is 24.1 Å². The molecule has 12 heteroatoms. The Morgan fingerprint density at radius 3 is 2.37 bits per heavy atom. The van der Waals surface area contributed by atoms with Gasteiger partial charge in [0, 0.05) is 31.4 Å². The zero-order chi connectivity index (χ0) is 37.6. The van der Waals surface area contributed by atoms with Crippen molar-refractivity contribution in [3.05, 3.63) is 95.8 Å². The summed E-state index contributed by atoms with van der Waals surface area (Å²) < 4.78 is 0. The molecule has 0 spiro atoms. The highest BCUT2D eigenvalue weighted by molar-refractivity contribution is 5.92. The van der Waals surface area contributed by atoms with E-state index in [1.54, 1.807) is 50.1 Å². The Bertz CT molecular complexity index is 1290. The van der Waals surface area contributed by atoms with E-state index in [9.17, 15) is 19.2 Å². The number of benzene rings is 1. The SMILES string of the molecule is C#CC.C/C=C(C)\C=C/CO.C=CCN(CC(=O)N1CC(=O)N(C/C(N)=C/C=C(\C)C(=O)NC)CC1NCc1ccccc1)NC=O.CC. The molecule has 1 aliphatic rings. The number of allylic oxidation sites excluding steroid dienone is 5. The molecule has 0 saturated carbocycles. The minimum atomic E-state index is -0.479. The standard InChI is InChI=1S/C25H35N7O4.C7H12O.C3H4.C2H6/c1-4-12-31(29-18-33)16-24(35)32-17-23(34)30(14-21(26)11-10-19(2)25(36)27-3)15-22(32)28-13-20-8-6-5-7-9-20;1-3-7(2)5-4-6-8;1-3-2;1-2/h4-11,18,22,28H,1,12-17,26H2,2-3H3,(H,27,36)(H,29,33);3-5,8H,6H2,1-2H3;1H,2H3;1-2H3/b19-10+,21-11-;5-4-,7-3-;;. The Balaban J connectivity index is 0. The van der Waals surface area contributed by atoms with Crippen LogP contribution in [0.2, 0.25) is 0 Å². The van der Waals surface area contributed by atoms with Crippen LogP contribution in [0.4, 0.5) is 0 Å². The zero-order valence-corrected chi connectivity index (χ0v) is 30.2. The van der Waals surface area contributed by atoms with Crippen LogP contribution in [0.1, 0.15) is 47.1 Å². The highest BCUT2D eigenvalue weighted by atomic mass is 16.2. The van der Waals surface area contributed by atoms with Gasteiger partial charge in [-0.3, -0.25) is 29.9 Å². The molecule has 0 radical (unpaired) electrons. The van der Waals surface area contributed by atoms with Crippen LogP contribution in [0.25, 0.3) is 0 Å². The van der Waals surface area contributed by atoms with Gasteiger partial charge in [-0.2, -0.15) is 0 Å². The normalized spacial score (nSPS) is 14.7. The number of amides is 4. The first-order valence-corrected chi connectivity index (χ1v) is 16.0. The molecule has 1 saturated heterocycles. The molecule has 270 valence electrons. The van der Waals surface area contributed by atoms with E-state index in [1.807, 2.05) is 70.2 Å². The Labute approximate surface area is 293 Å². The Morgan fingerprint density at radius 2 is 1.84 bits per heavy atom. The lowest BCUT2D eigenvalue weighted by Gasteiger charge is -2.42. The number of carbonyl (C=O) groups excluding carboxylic acids is 4. The van der Waals surface area contributed by atoms with Gasteiger partial charge in [0.05, 0.1) is 26.2 Å². The lowest BCUT2D eigenvalue weighted by Crippen LogP contribution is -2.64. The van der Waals surface area contributed by atoms with Crippen LogP contribution in [0.5, 0.6) is 0 Å². The maximum atomic E-state index is 13.1. The highest BCUT2D eigenvalue weighted by Crippen LogP contribution is 2.13. The van der Waals surface area contributed by atoms with Crippen LogP contribution in [-0.4, -0.2) is 96.6 Å². The number of hydrogen-bond acceptors (Lipinski definition) is 8. The van der Waals surface area contributed by atoms with E-state index >= 15 is 0 Å². The lowest BCUT2D eigenvalue weighted by atomic mass is 10.2. The maximum Gasteiger partial charge on any atom is 0.246 e. The van der Waals surface area contributed by atoms with Gasteiger partial charge >= 0.3 is 0 Å². The van der Waals surface area contributed by atoms with Crippen LogP contribution in [0.3, 0.4) is 0 Å². The van der Waals surface area contributed by atoms with Crippen molar-refractivity contribution in [1.29, 1.82) is 0 Å². The van der Waals surface area contributed by atoms with Gasteiger partial charge in [0.25, 0.3) is 0 Å². The molecule has 1 heterocycles. The zero-order valence-electron chi connectivity index (χ0n) is 30.2. The highest BCUT2D eigenvalue weighted by Gasteiger charge is 2.35. The molecule has 1 aromatic rings. The Kier molecular flexibility index (Phi) is 27.5. The number of terminal acetylenes is 1. The smallest absolute Gasteiger partial charge is 0.246 e. The number of nitrogens with zero attached hydrogens (tertiary/aromatic N) is 3. The first-order chi connectivity index (χ1) is 23.5. The van der Waals surface area contributed by atoms with Crippen molar-refractivity contribution in [3.8, 4) is 12.3 Å². The van der Waals surface area contributed by atoms with Crippen LogP contribution >= 0.6 is 0 Å². The molecular weight excluding hydrogens is 622 g/mol. The number of nitrogens with one attached hydrogen (secondary N) is 3. The van der Waals surface area contributed by atoms with E-state index in [-0.39, 0.29) is 57.1 Å². The van der Waals surface area contributed by atoms with Crippen molar-refractivity contribution in [2.24, 2.45) is 5.73 Å². The van der Waals surface area contributed by atoms with E-state index in [2.05, 4.69) is 35.0 Å². The van der Waals surface area contributed by atoms with Gasteiger partial charge in [0.15, 0.2) is 0 Å². The molecule has 4 amide bonds. The summed E-state index contributed by atoms with van der Waals surface area (Å²) in [7, 11) is 1.54. The molecular formula is C37H57N7O5. The van der Waals surface area contributed by atoms with E-state index in [0.29, 0.717) is 24.2 Å². The average Bonchev–Trinajstić information content (AvgIpc) is 3.11. The van der Waals surface area contributed by atoms with Gasteiger partial charge in [-0.05, 0) is 39.3 Å². The topological polar surface area (TPSA) is 160 Å². The molecule has 2 rings (SSSR count). The molecule has 0 bridgehead atoms. The van der Waals surface area contributed by atoms with Gasteiger partial charge in [-0.25, -0.2) is 5.01 Å². The predicted molar refractivity (Wildman–Crippen MR) is 198 cm³/mol. The van der Waals surface area contributed by atoms with Crippen LogP contribution < -0.4 is 21.8 Å². The molecule has 1 atom stereocenters. The van der Waals surface area contributed by atoms with Gasteiger partial charge in [0.1, 0.15) is 12.7 Å². The Morgan fingerprint density at radius 1 is 1.20 bits per heavy atom. The van der Waals surface area contributed by atoms with E-state index in [4.69, 9.17) is 10.8 Å². The Hall–Kier alpha value is -4.96. The number of carbonyl (C=O) groups is 4. The quantitative estimate of drug-likeness (QED) is 0.0473. The summed E-state index contributed by atoms with van der Waals surface area (Å²) in [6.45, 7) is 15.9. The minimum Gasteiger partial charge on any atom is -0.401 e. The summed E-state index contributed by atoms with van der Waals surface area (Å²) in [6.07, 6.45) is 15.0. The molecule has 1 aromatic carbocycles. The molecule has 12 nitrogen and oxygen atoms in total. The maximum absolute atomic E-state index is 13.1. The fourth-order valence-electron chi connectivity index (χ4n) is 3.95. The molecule has 1 fully saturated rings. The summed E-state index contributed by atoms with van der Waals surface area (Å²) in [5.41, 5.74) is 11.7. The number of aliphatic hydroxyl groups is 1. The number of piperazine rings is 1. The van der Waals surface area contributed by atoms with Crippen molar-refractivity contribution in [2.45, 2.75) is 54.3 Å². The molecule has 49 heavy (non-hydrogen) atoms. The fraction of sp³-hybridized carbons (Fsp3) is 0.405. The van der Waals surface area contributed by atoms with Gasteiger partial charge in [-0.15, -0.1) is 18.9 Å². The van der Waals surface area contributed by atoms with Crippen molar-refractivity contribution < 1.29 is 24.3 Å². The minimum absolute atomic E-state index is 0.118. The van der Waals surface area contributed by atoms with E-state index in [0.717, 1.165) is 5.56 Å². The van der Waals surface area contributed by atoms with E-state index < -0.39 is 6.17 Å². The van der Waals surface area contributed by atoms with E-state index in [1.165, 1.54) is 15.5 Å². The monoisotopic (exact) mass is 679 g/mol. The molecule has 1 unspecified atom stereocenters. The summed E-state index contributed by atoms with van der Waals surface area (Å²) >= 11 is 0. The largest absolute Gasteiger partial charge is 0.401 e. The number of hydrogen-bond donors (Lipinski definition) is 5. The second-order valence-electron chi connectivity index (χ2n) is 10.2. The van der Waals surface area contributed by atoms with Gasteiger partial charge in [-0.1, -0.05) is 80.1 Å². The van der Waals surface area contributed by atoms with Gasteiger partial charge < -0.3 is 26.0 Å². The lowest BCUT2D eigenvalue weighted by molar-refractivity contribution is -0.151. The second-order valence-corrected chi connectivity index (χ2v) is 10.2. The summed E-state index contributed by atoms with van der Waals surface area (Å²) in [4.78, 5) is 51.7. The molecule has 6 N–H and O–H groups in total. The first-order valence-electron chi connectivity index (χ1n) is 16.0.